The number of nitrogens with zero attached hydrogens (tertiary/aromatic N) is 2. The Morgan fingerprint density at radius 2 is 1.70 bits per heavy atom. The second kappa shape index (κ2) is 8.85. The fraction of sp³-hybridized carbons (Fsp3) is 0.318. The Bertz CT molecular complexity index is 1180. The smallest absolute Gasteiger partial charge is 0.317 e. The van der Waals surface area contributed by atoms with E-state index in [1.165, 1.54) is 9.13 Å². The SMILES string of the molecule is O=C(Cn1c(=O)c(=O)n(Cc2ccc(Cl)cc2)c2ccccc21)NC[C@H]1CCCO1. The maximum absolute atomic E-state index is 12.9. The van der Waals surface area contributed by atoms with Gasteiger partial charge in [-0.2, -0.15) is 0 Å². The Morgan fingerprint density at radius 3 is 2.37 bits per heavy atom. The fourth-order valence-corrected chi connectivity index (χ4v) is 3.82. The lowest BCUT2D eigenvalue weighted by molar-refractivity contribution is -0.122. The predicted octanol–water partition coefficient (Wildman–Crippen LogP) is 2.16. The van der Waals surface area contributed by atoms with Crippen molar-refractivity contribution in [3.8, 4) is 0 Å². The number of rotatable bonds is 6. The number of aromatic nitrogens is 2. The zero-order chi connectivity index (χ0) is 21.1. The van der Waals surface area contributed by atoms with Crippen molar-refractivity contribution in [1.82, 2.24) is 14.5 Å². The second-order valence-electron chi connectivity index (χ2n) is 7.34. The van der Waals surface area contributed by atoms with E-state index in [1.807, 2.05) is 12.1 Å². The van der Waals surface area contributed by atoms with E-state index in [-0.39, 0.29) is 25.1 Å². The molecule has 0 aliphatic carbocycles. The lowest BCUT2D eigenvalue weighted by atomic mass is 10.2. The minimum absolute atomic E-state index is 0.00907. The first-order valence-corrected chi connectivity index (χ1v) is 10.3. The molecule has 1 atom stereocenters. The van der Waals surface area contributed by atoms with Crippen LogP contribution in [0.5, 0.6) is 0 Å². The van der Waals surface area contributed by atoms with Gasteiger partial charge in [0, 0.05) is 18.2 Å². The third kappa shape index (κ3) is 4.32. The Balaban J connectivity index is 1.65. The molecule has 1 amide bonds. The van der Waals surface area contributed by atoms with Crippen LogP contribution in [0.4, 0.5) is 0 Å². The van der Waals surface area contributed by atoms with Gasteiger partial charge in [0.2, 0.25) is 5.91 Å². The number of carbonyl (C=O) groups excluding carboxylic acids is 1. The number of para-hydroxylation sites is 2. The lowest BCUT2D eigenvalue weighted by Gasteiger charge is -2.16. The molecule has 0 bridgehead atoms. The Morgan fingerprint density at radius 1 is 1.03 bits per heavy atom. The molecule has 1 fully saturated rings. The highest BCUT2D eigenvalue weighted by molar-refractivity contribution is 6.30. The van der Waals surface area contributed by atoms with Crippen molar-refractivity contribution in [3.63, 3.8) is 0 Å². The van der Waals surface area contributed by atoms with Crippen LogP contribution >= 0.6 is 11.6 Å². The van der Waals surface area contributed by atoms with Gasteiger partial charge in [-0.25, -0.2) is 0 Å². The van der Waals surface area contributed by atoms with E-state index >= 15 is 0 Å². The van der Waals surface area contributed by atoms with Crippen molar-refractivity contribution >= 4 is 28.5 Å². The lowest BCUT2D eigenvalue weighted by Crippen LogP contribution is -2.44. The first-order valence-electron chi connectivity index (χ1n) is 9.88. The molecule has 0 radical (unpaired) electrons. The minimum Gasteiger partial charge on any atom is -0.376 e. The van der Waals surface area contributed by atoms with Gasteiger partial charge in [0.15, 0.2) is 0 Å². The number of hydrogen-bond acceptors (Lipinski definition) is 4. The number of carbonyl (C=O) groups is 1. The number of nitrogens with one attached hydrogen (secondary N) is 1. The number of fused-ring (bicyclic) bond motifs is 1. The van der Waals surface area contributed by atoms with Crippen LogP contribution in [0, 0.1) is 0 Å². The van der Waals surface area contributed by atoms with Crippen molar-refractivity contribution in [1.29, 1.82) is 0 Å². The largest absolute Gasteiger partial charge is 0.376 e. The summed E-state index contributed by atoms with van der Waals surface area (Å²) in [6.07, 6.45) is 1.90. The third-order valence-electron chi connectivity index (χ3n) is 5.24. The molecule has 1 N–H and O–H groups in total. The summed E-state index contributed by atoms with van der Waals surface area (Å²) < 4.78 is 8.17. The summed E-state index contributed by atoms with van der Waals surface area (Å²) in [6.45, 7) is 1.12. The molecule has 0 saturated carbocycles. The van der Waals surface area contributed by atoms with Crippen LogP contribution in [0.2, 0.25) is 5.02 Å². The van der Waals surface area contributed by atoms with E-state index in [0.717, 1.165) is 18.4 Å². The van der Waals surface area contributed by atoms with Crippen LogP contribution in [-0.2, 0) is 22.6 Å². The summed E-state index contributed by atoms with van der Waals surface area (Å²) in [6, 6.07) is 14.2. The molecule has 1 aromatic heterocycles. The molecule has 2 aromatic carbocycles. The molecule has 156 valence electrons. The van der Waals surface area contributed by atoms with Gasteiger partial charge in [-0.05, 0) is 42.7 Å². The quantitative estimate of drug-likeness (QED) is 0.611. The third-order valence-corrected chi connectivity index (χ3v) is 5.50. The molecule has 2 heterocycles. The highest BCUT2D eigenvalue weighted by atomic mass is 35.5. The molecule has 4 rings (SSSR count). The summed E-state index contributed by atoms with van der Waals surface area (Å²) >= 11 is 5.93. The number of halogens is 1. The molecule has 1 aliphatic heterocycles. The maximum Gasteiger partial charge on any atom is 0.317 e. The topological polar surface area (TPSA) is 82.3 Å². The molecular formula is C22H22ClN3O4. The van der Waals surface area contributed by atoms with Gasteiger partial charge in [0.1, 0.15) is 6.54 Å². The van der Waals surface area contributed by atoms with Crippen molar-refractivity contribution < 1.29 is 9.53 Å². The van der Waals surface area contributed by atoms with E-state index in [0.29, 0.717) is 29.2 Å². The highest BCUT2D eigenvalue weighted by Crippen LogP contribution is 2.15. The minimum atomic E-state index is -0.727. The molecule has 0 spiro atoms. The molecule has 7 nitrogen and oxygen atoms in total. The first kappa shape index (κ1) is 20.4. The molecule has 1 aliphatic rings. The molecule has 1 saturated heterocycles. The summed E-state index contributed by atoms with van der Waals surface area (Å²) in [5, 5.41) is 3.40. The van der Waals surface area contributed by atoms with E-state index in [2.05, 4.69) is 5.32 Å². The van der Waals surface area contributed by atoms with Crippen LogP contribution in [-0.4, -0.2) is 34.3 Å². The Hall–Kier alpha value is -2.90. The standard InChI is InChI=1S/C22H22ClN3O4/c23-16-9-7-15(8-10-16)13-25-18-5-1-2-6-19(18)26(22(29)21(25)28)14-20(27)24-12-17-4-3-11-30-17/h1-2,5-10,17H,3-4,11-14H2,(H,24,27)/t17-/m1/s1. The first-order chi connectivity index (χ1) is 14.5. The predicted molar refractivity (Wildman–Crippen MR) is 115 cm³/mol. The van der Waals surface area contributed by atoms with E-state index < -0.39 is 11.1 Å². The highest BCUT2D eigenvalue weighted by Gasteiger charge is 2.18. The van der Waals surface area contributed by atoms with Gasteiger partial charge in [-0.15, -0.1) is 0 Å². The van der Waals surface area contributed by atoms with E-state index in [1.54, 1.807) is 36.4 Å². The van der Waals surface area contributed by atoms with Gasteiger partial charge < -0.3 is 10.1 Å². The van der Waals surface area contributed by atoms with Crippen molar-refractivity contribution in [2.75, 3.05) is 13.2 Å². The van der Waals surface area contributed by atoms with Crippen LogP contribution < -0.4 is 16.4 Å². The number of hydrogen-bond donors (Lipinski definition) is 1. The van der Waals surface area contributed by atoms with Crippen molar-refractivity contribution in [3.05, 3.63) is 79.8 Å². The molecule has 8 heteroatoms. The zero-order valence-electron chi connectivity index (χ0n) is 16.3. The van der Waals surface area contributed by atoms with Gasteiger partial charge in [0.25, 0.3) is 0 Å². The van der Waals surface area contributed by atoms with Crippen LogP contribution in [0.1, 0.15) is 18.4 Å². The molecule has 30 heavy (non-hydrogen) atoms. The number of amides is 1. The average Bonchev–Trinajstić information content (AvgIpc) is 3.28. The monoisotopic (exact) mass is 427 g/mol. The van der Waals surface area contributed by atoms with Crippen LogP contribution in [0.3, 0.4) is 0 Å². The summed E-state index contributed by atoms with van der Waals surface area (Å²) in [7, 11) is 0. The van der Waals surface area contributed by atoms with Gasteiger partial charge >= 0.3 is 11.1 Å². The summed E-state index contributed by atoms with van der Waals surface area (Å²) in [4.78, 5) is 38.2. The Kier molecular flexibility index (Phi) is 6.01. The van der Waals surface area contributed by atoms with Gasteiger partial charge in [-0.1, -0.05) is 35.9 Å². The molecule has 0 unspecified atom stereocenters. The van der Waals surface area contributed by atoms with E-state index in [9.17, 15) is 14.4 Å². The average molecular weight is 428 g/mol. The number of benzene rings is 2. The van der Waals surface area contributed by atoms with Gasteiger partial charge in [0.05, 0.1) is 23.7 Å². The fourth-order valence-electron chi connectivity index (χ4n) is 3.69. The van der Waals surface area contributed by atoms with Gasteiger partial charge in [-0.3, -0.25) is 23.5 Å². The van der Waals surface area contributed by atoms with Crippen molar-refractivity contribution in [2.24, 2.45) is 0 Å². The molecule has 3 aromatic rings. The Labute approximate surface area is 177 Å². The van der Waals surface area contributed by atoms with Crippen LogP contribution in [0.15, 0.2) is 58.1 Å². The van der Waals surface area contributed by atoms with Crippen molar-refractivity contribution in [2.45, 2.75) is 32.0 Å². The van der Waals surface area contributed by atoms with Crippen LogP contribution in [0.25, 0.3) is 11.0 Å². The maximum atomic E-state index is 12.9. The normalized spacial score (nSPS) is 16.1. The second-order valence-corrected chi connectivity index (χ2v) is 7.77. The summed E-state index contributed by atoms with van der Waals surface area (Å²) in [5.41, 5.74) is 0.566. The number of ether oxygens (including phenoxy) is 1. The zero-order valence-corrected chi connectivity index (χ0v) is 17.1. The summed E-state index contributed by atoms with van der Waals surface area (Å²) in [5.74, 6) is -0.326. The van der Waals surface area contributed by atoms with E-state index in [4.69, 9.17) is 16.3 Å². The molecular weight excluding hydrogens is 406 g/mol.